The first-order chi connectivity index (χ1) is 40.0. The third kappa shape index (κ3) is 68.6. The molecule has 0 spiro atoms. The van der Waals surface area contributed by atoms with Gasteiger partial charge in [-0.2, -0.15) is 0 Å². The molecule has 0 rings (SSSR count). The van der Waals surface area contributed by atoms with Gasteiger partial charge in [-0.3, -0.25) is 14.4 Å². The monoisotopic (exact) mass is 1140 g/mol. The van der Waals surface area contributed by atoms with Crippen molar-refractivity contribution < 1.29 is 28.6 Å². The van der Waals surface area contributed by atoms with E-state index < -0.39 is 6.10 Å². The molecule has 1 atom stereocenters. The van der Waals surface area contributed by atoms with Gasteiger partial charge in [0.2, 0.25) is 0 Å². The zero-order chi connectivity index (χ0) is 58.5. The van der Waals surface area contributed by atoms with Crippen LogP contribution in [0.15, 0.2) is 24.3 Å². The van der Waals surface area contributed by atoms with Crippen molar-refractivity contribution in [3.8, 4) is 0 Å². The quantitative estimate of drug-likeness (QED) is 0.0261. The molecule has 478 valence electrons. The zero-order valence-electron chi connectivity index (χ0n) is 55.1. The van der Waals surface area contributed by atoms with Gasteiger partial charge >= 0.3 is 17.9 Å². The lowest BCUT2D eigenvalue weighted by Gasteiger charge is -2.18. The van der Waals surface area contributed by atoms with Crippen LogP contribution in [-0.2, 0) is 28.6 Å². The highest BCUT2D eigenvalue weighted by Crippen LogP contribution is 2.19. The summed E-state index contributed by atoms with van der Waals surface area (Å²) in [7, 11) is 0. The molecule has 0 saturated carbocycles. The van der Waals surface area contributed by atoms with Crippen molar-refractivity contribution in [1.82, 2.24) is 0 Å². The second-order valence-electron chi connectivity index (χ2n) is 25.2. The molecule has 0 aromatic heterocycles. The van der Waals surface area contributed by atoms with Crippen LogP contribution >= 0.6 is 0 Å². The molecule has 0 N–H and O–H groups in total. The Hall–Kier alpha value is -2.11. The first-order valence-electron chi connectivity index (χ1n) is 36.8. The summed E-state index contributed by atoms with van der Waals surface area (Å²) >= 11 is 0. The van der Waals surface area contributed by atoms with E-state index in [1.807, 2.05) is 0 Å². The molecule has 0 radical (unpaired) electrons. The molecule has 0 aliphatic heterocycles. The molecular weight excluding hydrogens is 997 g/mol. The maximum Gasteiger partial charge on any atom is 0.306 e. The molecule has 0 heterocycles. The van der Waals surface area contributed by atoms with Crippen LogP contribution < -0.4 is 0 Å². The van der Waals surface area contributed by atoms with Crippen LogP contribution in [-0.4, -0.2) is 37.2 Å². The molecule has 81 heavy (non-hydrogen) atoms. The van der Waals surface area contributed by atoms with Crippen LogP contribution in [0.1, 0.15) is 419 Å². The first-order valence-corrected chi connectivity index (χ1v) is 36.8. The van der Waals surface area contributed by atoms with Gasteiger partial charge in [-0.1, -0.05) is 373 Å². The van der Waals surface area contributed by atoms with E-state index >= 15 is 0 Å². The van der Waals surface area contributed by atoms with E-state index in [1.54, 1.807) is 0 Å². The van der Waals surface area contributed by atoms with Crippen LogP contribution in [0.4, 0.5) is 0 Å². The molecule has 0 aliphatic carbocycles. The third-order valence-corrected chi connectivity index (χ3v) is 17.0. The minimum atomic E-state index is -0.775. The smallest absolute Gasteiger partial charge is 0.306 e. The van der Waals surface area contributed by atoms with Gasteiger partial charge in [0.15, 0.2) is 6.10 Å². The van der Waals surface area contributed by atoms with Crippen LogP contribution in [0.5, 0.6) is 0 Å². The topological polar surface area (TPSA) is 78.9 Å². The van der Waals surface area contributed by atoms with Gasteiger partial charge < -0.3 is 14.2 Å². The van der Waals surface area contributed by atoms with E-state index in [2.05, 4.69) is 45.1 Å². The fourth-order valence-electron chi connectivity index (χ4n) is 11.4. The average Bonchev–Trinajstić information content (AvgIpc) is 3.47. The maximum atomic E-state index is 13.0. The number of hydrogen-bond donors (Lipinski definition) is 0. The van der Waals surface area contributed by atoms with Crippen LogP contribution in [0.2, 0.25) is 0 Å². The number of unbranched alkanes of at least 4 members (excludes halogenated alkanes) is 54. The highest BCUT2D eigenvalue weighted by molar-refractivity contribution is 5.71. The van der Waals surface area contributed by atoms with E-state index in [4.69, 9.17) is 14.2 Å². The Balaban J connectivity index is 4.26. The predicted molar refractivity (Wildman–Crippen MR) is 353 cm³/mol. The summed E-state index contributed by atoms with van der Waals surface area (Å²) in [4.78, 5) is 38.5. The van der Waals surface area contributed by atoms with Gasteiger partial charge in [0, 0.05) is 19.3 Å². The number of carbonyl (C=O) groups excluding carboxylic acids is 3. The van der Waals surface area contributed by atoms with Crippen molar-refractivity contribution in [2.45, 2.75) is 425 Å². The van der Waals surface area contributed by atoms with E-state index in [9.17, 15) is 14.4 Å². The molecule has 0 fully saturated rings. The molecule has 1 unspecified atom stereocenters. The lowest BCUT2D eigenvalue weighted by atomic mass is 10.0. The van der Waals surface area contributed by atoms with Crippen LogP contribution in [0, 0.1) is 0 Å². The van der Waals surface area contributed by atoms with E-state index in [0.29, 0.717) is 19.3 Å². The Bertz CT molecular complexity index is 1310. The number of allylic oxidation sites excluding steroid dienone is 4. The fraction of sp³-hybridized carbons (Fsp3) is 0.907. The largest absolute Gasteiger partial charge is 0.462 e. The standard InChI is InChI=1S/C75H142O6/c1-4-7-10-13-16-19-22-25-28-31-33-35-37-39-40-42-44-47-50-53-56-59-62-65-68-74(77)80-71-72(70-79-73(76)67-64-61-58-55-52-49-46-30-27-24-21-18-15-12-9-6-3)81-75(78)69-66-63-60-57-54-51-48-45-43-41-38-36-34-32-29-26-23-20-17-14-11-8-5-2/h21,24,30,46,72H,4-20,22-23,25-29,31-45,47-71H2,1-3H3/b24-21-,46-30-. The number of rotatable bonds is 69. The number of esters is 3. The van der Waals surface area contributed by atoms with Crippen molar-refractivity contribution in [1.29, 1.82) is 0 Å². The minimum absolute atomic E-state index is 0.0690. The van der Waals surface area contributed by atoms with Gasteiger partial charge in [-0.15, -0.1) is 0 Å². The van der Waals surface area contributed by atoms with E-state index in [-0.39, 0.29) is 31.1 Å². The first kappa shape index (κ1) is 78.9. The number of carbonyl (C=O) groups is 3. The normalized spacial score (nSPS) is 12.1. The Morgan fingerprint density at radius 1 is 0.247 bits per heavy atom. The lowest BCUT2D eigenvalue weighted by molar-refractivity contribution is -0.167. The number of ether oxygens (including phenoxy) is 3. The molecule has 0 aliphatic rings. The van der Waals surface area contributed by atoms with Gasteiger partial charge in [-0.25, -0.2) is 0 Å². The molecule has 6 heteroatoms. The van der Waals surface area contributed by atoms with Crippen molar-refractivity contribution in [2.24, 2.45) is 0 Å². The number of hydrogen-bond acceptors (Lipinski definition) is 6. The Morgan fingerprint density at radius 3 is 0.691 bits per heavy atom. The minimum Gasteiger partial charge on any atom is -0.462 e. The van der Waals surface area contributed by atoms with Gasteiger partial charge in [0.05, 0.1) is 0 Å². The van der Waals surface area contributed by atoms with E-state index in [1.165, 1.54) is 302 Å². The Kier molecular flexibility index (Phi) is 68.5. The summed E-state index contributed by atoms with van der Waals surface area (Å²) in [5.41, 5.74) is 0. The molecule has 0 saturated heterocycles. The average molecular weight is 1140 g/mol. The van der Waals surface area contributed by atoms with Gasteiger partial charge in [-0.05, 0) is 51.4 Å². The summed E-state index contributed by atoms with van der Waals surface area (Å²) in [6, 6.07) is 0. The molecule has 0 aromatic rings. The molecular formula is C75H142O6. The van der Waals surface area contributed by atoms with Crippen molar-refractivity contribution in [3.63, 3.8) is 0 Å². The van der Waals surface area contributed by atoms with Crippen molar-refractivity contribution in [2.75, 3.05) is 13.2 Å². The van der Waals surface area contributed by atoms with Crippen LogP contribution in [0.3, 0.4) is 0 Å². The maximum absolute atomic E-state index is 13.0. The summed E-state index contributed by atoms with van der Waals surface area (Å²) < 4.78 is 17.0. The Morgan fingerprint density at radius 2 is 0.444 bits per heavy atom. The lowest BCUT2D eigenvalue weighted by Crippen LogP contribution is -2.30. The predicted octanol–water partition coefficient (Wildman–Crippen LogP) is 25.3. The van der Waals surface area contributed by atoms with Gasteiger partial charge in [0.1, 0.15) is 13.2 Å². The fourth-order valence-corrected chi connectivity index (χ4v) is 11.4. The summed E-state index contributed by atoms with van der Waals surface area (Å²) in [6.45, 7) is 6.71. The summed E-state index contributed by atoms with van der Waals surface area (Å²) in [5.74, 6) is -0.847. The van der Waals surface area contributed by atoms with Crippen molar-refractivity contribution >= 4 is 17.9 Å². The third-order valence-electron chi connectivity index (χ3n) is 17.0. The second kappa shape index (κ2) is 70.4. The zero-order valence-corrected chi connectivity index (χ0v) is 55.1. The molecule has 0 bridgehead atoms. The second-order valence-corrected chi connectivity index (χ2v) is 25.2. The SMILES string of the molecule is CCCCCC/C=C\C/C=C\CCCCCCCC(=O)OCC(COC(=O)CCCCCCCCCCCCCCCCCCCCCCCCCC)OC(=O)CCCCCCCCCCCCCCCCCCCCCCCCC. The highest BCUT2D eigenvalue weighted by Gasteiger charge is 2.20. The summed E-state index contributed by atoms with van der Waals surface area (Å²) in [6.07, 6.45) is 86.5. The molecule has 0 amide bonds. The highest BCUT2D eigenvalue weighted by atomic mass is 16.6. The van der Waals surface area contributed by atoms with Crippen molar-refractivity contribution in [3.05, 3.63) is 24.3 Å². The molecule has 6 nitrogen and oxygen atoms in total. The van der Waals surface area contributed by atoms with Gasteiger partial charge in [0.25, 0.3) is 0 Å². The Labute approximate surface area is 506 Å². The summed E-state index contributed by atoms with van der Waals surface area (Å²) in [5, 5.41) is 0. The molecule has 0 aromatic carbocycles. The van der Waals surface area contributed by atoms with E-state index in [0.717, 1.165) is 77.0 Å². The van der Waals surface area contributed by atoms with Crippen LogP contribution in [0.25, 0.3) is 0 Å².